The Morgan fingerprint density at radius 3 is 2.69 bits per heavy atom. The summed E-state index contributed by atoms with van der Waals surface area (Å²) in [6.07, 6.45) is 4.49. The molecule has 1 aliphatic rings. The third-order valence-corrected chi connectivity index (χ3v) is 5.01. The van der Waals surface area contributed by atoms with Gasteiger partial charge in [-0.3, -0.25) is 4.79 Å². The number of nitrogens with one attached hydrogen (secondary N) is 1. The Kier molecular flexibility index (Phi) is 6.04. The SMILES string of the molecule is CSc1ncccc1C(=O)N[C@H](c1ccc2c(c1)OCCCO2)C(C)C. The molecule has 5 nitrogen and oxygen atoms in total. The van der Waals surface area contributed by atoms with Crippen LogP contribution in [0.4, 0.5) is 0 Å². The second-order valence-electron chi connectivity index (χ2n) is 6.51. The van der Waals surface area contributed by atoms with Crippen LogP contribution in [0.2, 0.25) is 0 Å². The van der Waals surface area contributed by atoms with Crippen LogP contribution in [0.25, 0.3) is 0 Å². The molecule has 6 heteroatoms. The van der Waals surface area contributed by atoms with E-state index in [1.54, 1.807) is 18.3 Å². The van der Waals surface area contributed by atoms with E-state index in [2.05, 4.69) is 24.1 Å². The van der Waals surface area contributed by atoms with Gasteiger partial charge in [-0.15, -0.1) is 11.8 Å². The first-order valence-electron chi connectivity index (χ1n) is 8.79. The molecular weight excluding hydrogens is 348 g/mol. The molecule has 0 aliphatic carbocycles. The largest absolute Gasteiger partial charge is 0.490 e. The minimum Gasteiger partial charge on any atom is -0.490 e. The van der Waals surface area contributed by atoms with Gasteiger partial charge in [0.1, 0.15) is 5.03 Å². The summed E-state index contributed by atoms with van der Waals surface area (Å²) in [5.74, 6) is 1.61. The van der Waals surface area contributed by atoms with E-state index >= 15 is 0 Å². The minimum atomic E-state index is -0.130. The molecule has 0 bridgehead atoms. The quantitative estimate of drug-likeness (QED) is 0.801. The topological polar surface area (TPSA) is 60.5 Å². The van der Waals surface area contributed by atoms with Crippen LogP contribution >= 0.6 is 11.8 Å². The second-order valence-corrected chi connectivity index (χ2v) is 7.31. The zero-order chi connectivity index (χ0) is 18.5. The van der Waals surface area contributed by atoms with Gasteiger partial charge in [-0.1, -0.05) is 19.9 Å². The van der Waals surface area contributed by atoms with Gasteiger partial charge in [-0.2, -0.15) is 0 Å². The van der Waals surface area contributed by atoms with Crippen LogP contribution < -0.4 is 14.8 Å². The van der Waals surface area contributed by atoms with Gasteiger partial charge in [0.2, 0.25) is 0 Å². The Morgan fingerprint density at radius 1 is 1.19 bits per heavy atom. The molecule has 26 heavy (non-hydrogen) atoms. The van der Waals surface area contributed by atoms with Crippen molar-refractivity contribution >= 4 is 17.7 Å². The zero-order valence-electron chi connectivity index (χ0n) is 15.3. The fourth-order valence-electron chi connectivity index (χ4n) is 2.95. The van der Waals surface area contributed by atoms with Gasteiger partial charge in [0.05, 0.1) is 24.8 Å². The van der Waals surface area contributed by atoms with Gasteiger partial charge in [-0.05, 0) is 42.0 Å². The number of rotatable bonds is 5. The molecule has 1 aromatic heterocycles. The third-order valence-electron chi connectivity index (χ3n) is 4.29. The van der Waals surface area contributed by atoms with E-state index in [1.165, 1.54) is 11.8 Å². The van der Waals surface area contributed by atoms with Crippen LogP contribution in [0.15, 0.2) is 41.6 Å². The summed E-state index contributed by atoms with van der Waals surface area (Å²) in [6, 6.07) is 9.36. The number of thioether (sulfide) groups is 1. The summed E-state index contributed by atoms with van der Waals surface area (Å²) in [5.41, 5.74) is 1.60. The lowest BCUT2D eigenvalue weighted by Crippen LogP contribution is -2.32. The predicted molar refractivity (Wildman–Crippen MR) is 103 cm³/mol. The van der Waals surface area contributed by atoms with E-state index in [0.29, 0.717) is 18.8 Å². The van der Waals surface area contributed by atoms with Crippen LogP contribution in [0, 0.1) is 5.92 Å². The Labute approximate surface area is 158 Å². The highest BCUT2D eigenvalue weighted by atomic mass is 32.2. The van der Waals surface area contributed by atoms with Gasteiger partial charge in [0.15, 0.2) is 11.5 Å². The van der Waals surface area contributed by atoms with Gasteiger partial charge < -0.3 is 14.8 Å². The number of fused-ring (bicyclic) bond motifs is 1. The lowest BCUT2D eigenvalue weighted by atomic mass is 9.95. The number of hydrogen-bond donors (Lipinski definition) is 1. The van der Waals surface area contributed by atoms with E-state index in [4.69, 9.17) is 9.47 Å². The van der Waals surface area contributed by atoms with Crippen molar-refractivity contribution in [3.05, 3.63) is 47.7 Å². The monoisotopic (exact) mass is 372 g/mol. The standard InChI is InChI=1S/C20H24N2O3S/c1-13(2)18(22-19(23)15-6-4-9-21-20(15)26-3)14-7-8-16-17(12-14)25-11-5-10-24-16/h4,6-9,12-13,18H,5,10-11H2,1-3H3,(H,22,23)/t18-/m0/s1. The molecule has 1 aromatic carbocycles. The molecule has 1 N–H and O–H groups in total. The number of nitrogens with zero attached hydrogens (tertiary/aromatic N) is 1. The highest BCUT2D eigenvalue weighted by Crippen LogP contribution is 2.34. The Balaban J connectivity index is 1.86. The van der Waals surface area contributed by atoms with E-state index in [1.807, 2.05) is 24.5 Å². The molecule has 2 aromatic rings. The fraction of sp³-hybridized carbons (Fsp3) is 0.400. The van der Waals surface area contributed by atoms with E-state index in [9.17, 15) is 4.79 Å². The first-order valence-corrected chi connectivity index (χ1v) is 10.0. The number of aromatic nitrogens is 1. The Bertz CT molecular complexity index is 779. The maximum absolute atomic E-state index is 12.8. The van der Waals surface area contributed by atoms with Crippen molar-refractivity contribution in [1.82, 2.24) is 10.3 Å². The number of carbonyl (C=O) groups excluding carboxylic acids is 1. The molecule has 0 saturated heterocycles. The van der Waals surface area contributed by atoms with E-state index in [-0.39, 0.29) is 17.9 Å². The lowest BCUT2D eigenvalue weighted by Gasteiger charge is -2.24. The molecule has 0 fully saturated rings. The number of hydrogen-bond acceptors (Lipinski definition) is 5. The van der Waals surface area contributed by atoms with Crippen molar-refractivity contribution in [1.29, 1.82) is 0 Å². The van der Waals surface area contributed by atoms with Crippen molar-refractivity contribution in [3.63, 3.8) is 0 Å². The van der Waals surface area contributed by atoms with Crippen LogP contribution in [-0.2, 0) is 0 Å². The van der Waals surface area contributed by atoms with Crippen molar-refractivity contribution in [2.75, 3.05) is 19.5 Å². The lowest BCUT2D eigenvalue weighted by molar-refractivity contribution is 0.0921. The summed E-state index contributed by atoms with van der Waals surface area (Å²) in [5, 5.41) is 3.89. The summed E-state index contributed by atoms with van der Waals surface area (Å²) >= 11 is 1.47. The smallest absolute Gasteiger partial charge is 0.254 e. The number of pyridine rings is 1. The Morgan fingerprint density at radius 2 is 1.96 bits per heavy atom. The maximum atomic E-state index is 12.8. The van der Waals surface area contributed by atoms with Crippen molar-refractivity contribution in [3.8, 4) is 11.5 Å². The van der Waals surface area contributed by atoms with E-state index in [0.717, 1.165) is 28.5 Å². The molecule has 1 amide bonds. The second kappa shape index (κ2) is 8.45. The van der Waals surface area contributed by atoms with Gasteiger partial charge in [0.25, 0.3) is 5.91 Å². The molecule has 0 spiro atoms. The molecule has 0 unspecified atom stereocenters. The predicted octanol–water partition coefficient (Wildman–Crippen LogP) is 4.09. The first kappa shape index (κ1) is 18.6. The fourth-order valence-corrected chi connectivity index (χ4v) is 3.50. The molecule has 138 valence electrons. The van der Waals surface area contributed by atoms with Gasteiger partial charge in [-0.25, -0.2) is 4.98 Å². The highest BCUT2D eigenvalue weighted by Gasteiger charge is 2.23. The molecular formula is C20H24N2O3S. The average molecular weight is 372 g/mol. The minimum absolute atomic E-state index is 0.117. The Hall–Kier alpha value is -2.21. The molecule has 0 saturated carbocycles. The zero-order valence-corrected chi connectivity index (χ0v) is 16.1. The van der Waals surface area contributed by atoms with Crippen LogP contribution in [0.1, 0.15) is 42.2 Å². The first-order chi connectivity index (χ1) is 12.6. The number of benzene rings is 1. The van der Waals surface area contributed by atoms with Gasteiger partial charge >= 0.3 is 0 Å². The van der Waals surface area contributed by atoms with E-state index < -0.39 is 0 Å². The van der Waals surface area contributed by atoms with Gasteiger partial charge in [0, 0.05) is 12.6 Å². The number of amides is 1. The van der Waals surface area contributed by atoms with Crippen molar-refractivity contribution in [2.24, 2.45) is 5.92 Å². The number of carbonyl (C=O) groups is 1. The summed E-state index contributed by atoms with van der Waals surface area (Å²) < 4.78 is 11.5. The average Bonchev–Trinajstić information content (AvgIpc) is 2.90. The molecule has 1 atom stereocenters. The molecule has 0 radical (unpaired) electrons. The molecule has 3 rings (SSSR count). The van der Waals surface area contributed by atoms with Crippen molar-refractivity contribution < 1.29 is 14.3 Å². The summed E-state index contributed by atoms with van der Waals surface area (Å²) in [7, 11) is 0. The third kappa shape index (κ3) is 4.12. The maximum Gasteiger partial charge on any atom is 0.254 e. The normalized spacial score (nSPS) is 14.6. The molecule has 2 heterocycles. The summed E-state index contributed by atoms with van der Waals surface area (Å²) in [4.78, 5) is 17.1. The highest BCUT2D eigenvalue weighted by molar-refractivity contribution is 7.98. The number of ether oxygens (including phenoxy) is 2. The van der Waals surface area contributed by atoms with Crippen LogP contribution in [-0.4, -0.2) is 30.4 Å². The van der Waals surface area contributed by atoms with Crippen LogP contribution in [0.5, 0.6) is 11.5 Å². The molecule has 1 aliphatic heterocycles. The van der Waals surface area contributed by atoms with Crippen molar-refractivity contribution in [2.45, 2.75) is 31.3 Å². The summed E-state index contributed by atoms with van der Waals surface area (Å²) in [6.45, 7) is 5.48. The van der Waals surface area contributed by atoms with Crippen LogP contribution in [0.3, 0.4) is 0 Å².